The number of furan rings is 2. The molecule has 1 aromatic carbocycles. The van der Waals surface area contributed by atoms with Crippen molar-refractivity contribution in [3.8, 4) is 0 Å². The smallest absolute Gasteiger partial charge is 0.293 e. The molecule has 0 saturated carbocycles. The first kappa shape index (κ1) is 21.3. The van der Waals surface area contributed by atoms with Crippen LogP contribution in [0, 0.1) is 0 Å². The monoisotopic (exact) mass is 470 g/mol. The van der Waals surface area contributed by atoms with Gasteiger partial charge in [-0.3, -0.25) is 19.7 Å². The third-order valence-corrected chi connectivity index (χ3v) is 5.15. The number of hydrogen-bond donors (Lipinski definition) is 3. The maximum Gasteiger partial charge on any atom is 0.293 e. The van der Waals surface area contributed by atoms with Crippen LogP contribution in [0.4, 0.5) is 16.5 Å². The predicted octanol–water partition coefficient (Wildman–Crippen LogP) is 4.67. The van der Waals surface area contributed by atoms with Crippen molar-refractivity contribution in [1.82, 2.24) is 4.98 Å². The topological polar surface area (TPSA) is 126 Å². The quantitative estimate of drug-likeness (QED) is 0.360. The van der Waals surface area contributed by atoms with E-state index in [1.165, 1.54) is 42.1 Å². The van der Waals surface area contributed by atoms with Crippen LogP contribution in [0.3, 0.4) is 0 Å². The molecule has 32 heavy (non-hydrogen) atoms. The number of anilines is 3. The number of thiazole rings is 1. The molecule has 162 valence electrons. The van der Waals surface area contributed by atoms with Gasteiger partial charge in [-0.1, -0.05) is 11.6 Å². The first-order chi connectivity index (χ1) is 15.5. The Labute approximate surface area is 190 Å². The Morgan fingerprint density at radius 3 is 2.25 bits per heavy atom. The van der Waals surface area contributed by atoms with Gasteiger partial charge in [-0.05, 0) is 42.5 Å². The third-order valence-electron chi connectivity index (χ3n) is 4.11. The molecule has 0 saturated heterocycles. The molecule has 0 aliphatic rings. The second-order valence-electron chi connectivity index (χ2n) is 6.42. The summed E-state index contributed by atoms with van der Waals surface area (Å²) in [7, 11) is 0. The molecule has 0 spiro atoms. The highest BCUT2D eigenvalue weighted by molar-refractivity contribution is 7.14. The molecule has 0 aliphatic heterocycles. The molecule has 0 atom stereocenters. The number of amides is 3. The lowest BCUT2D eigenvalue weighted by molar-refractivity contribution is -0.115. The predicted molar refractivity (Wildman–Crippen MR) is 119 cm³/mol. The summed E-state index contributed by atoms with van der Waals surface area (Å²) >= 11 is 7.22. The Morgan fingerprint density at radius 1 is 0.906 bits per heavy atom. The fourth-order valence-corrected chi connectivity index (χ4v) is 3.57. The van der Waals surface area contributed by atoms with Crippen molar-refractivity contribution in [3.63, 3.8) is 0 Å². The summed E-state index contributed by atoms with van der Waals surface area (Å²) < 4.78 is 10.1. The van der Waals surface area contributed by atoms with Gasteiger partial charge < -0.3 is 19.5 Å². The molecule has 3 amide bonds. The van der Waals surface area contributed by atoms with Crippen molar-refractivity contribution >= 4 is 57.2 Å². The highest BCUT2D eigenvalue weighted by Gasteiger charge is 2.16. The van der Waals surface area contributed by atoms with Crippen LogP contribution in [-0.2, 0) is 11.2 Å². The lowest BCUT2D eigenvalue weighted by Gasteiger charge is -2.12. The fraction of sp³-hybridized carbons (Fsp3) is 0.0476. The zero-order chi connectivity index (χ0) is 22.5. The van der Waals surface area contributed by atoms with Crippen LogP contribution in [0.2, 0.25) is 5.02 Å². The van der Waals surface area contributed by atoms with Crippen molar-refractivity contribution in [2.45, 2.75) is 6.42 Å². The Kier molecular flexibility index (Phi) is 6.34. The van der Waals surface area contributed by atoms with Crippen LogP contribution < -0.4 is 16.0 Å². The lowest BCUT2D eigenvalue weighted by atomic mass is 10.2. The van der Waals surface area contributed by atoms with Crippen molar-refractivity contribution in [2.75, 3.05) is 16.0 Å². The number of rotatable bonds is 7. The largest absolute Gasteiger partial charge is 0.459 e. The normalized spacial score (nSPS) is 10.5. The third kappa shape index (κ3) is 5.23. The number of aromatic nitrogens is 1. The minimum absolute atomic E-state index is 0.0404. The molecule has 4 rings (SSSR count). The summed E-state index contributed by atoms with van der Waals surface area (Å²) in [6.07, 6.45) is 2.74. The van der Waals surface area contributed by atoms with Crippen molar-refractivity contribution in [3.05, 3.63) is 82.6 Å². The molecule has 3 aromatic heterocycles. The van der Waals surface area contributed by atoms with Gasteiger partial charge in [0.2, 0.25) is 5.91 Å². The standard InChI is InChI=1S/C21H15ClN4O5S/c22-12-5-6-14(15(9-12)25-19(28)16-3-1-7-30-16)24-18(27)10-13-11-32-21(23-13)26-20(29)17-4-2-8-31-17/h1-9,11H,10H2,(H,24,27)(H,25,28)(H,23,26,29). The summed E-state index contributed by atoms with van der Waals surface area (Å²) in [6.45, 7) is 0. The zero-order valence-electron chi connectivity index (χ0n) is 16.3. The van der Waals surface area contributed by atoms with E-state index in [-0.39, 0.29) is 23.8 Å². The molecule has 11 heteroatoms. The molecule has 0 aliphatic carbocycles. The summed E-state index contributed by atoms with van der Waals surface area (Å²) in [5.74, 6) is -1.00. The van der Waals surface area contributed by atoms with Gasteiger partial charge in [-0.2, -0.15) is 0 Å². The first-order valence-electron chi connectivity index (χ1n) is 9.21. The van der Waals surface area contributed by atoms with Gasteiger partial charge in [-0.15, -0.1) is 11.3 Å². The van der Waals surface area contributed by atoms with Gasteiger partial charge in [0.25, 0.3) is 11.8 Å². The number of halogens is 1. The van der Waals surface area contributed by atoms with E-state index in [4.69, 9.17) is 20.4 Å². The number of carbonyl (C=O) groups excluding carboxylic acids is 3. The van der Waals surface area contributed by atoms with E-state index < -0.39 is 11.8 Å². The number of benzene rings is 1. The summed E-state index contributed by atoms with van der Waals surface area (Å²) in [6, 6.07) is 10.9. The molecule has 0 radical (unpaired) electrons. The van der Waals surface area contributed by atoms with Gasteiger partial charge in [-0.25, -0.2) is 4.98 Å². The number of hydrogen-bond acceptors (Lipinski definition) is 7. The molecule has 3 heterocycles. The second kappa shape index (κ2) is 9.50. The van der Waals surface area contributed by atoms with Crippen LogP contribution in [0.1, 0.15) is 26.8 Å². The van der Waals surface area contributed by atoms with E-state index in [2.05, 4.69) is 20.9 Å². The molecular weight excluding hydrogens is 456 g/mol. The van der Waals surface area contributed by atoms with Gasteiger partial charge in [0.15, 0.2) is 16.7 Å². The highest BCUT2D eigenvalue weighted by Crippen LogP contribution is 2.27. The summed E-state index contributed by atoms with van der Waals surface area (Å²) in [4.78, 5) is 41.1. The zero-order valence-corrected chi connectivity index (χ0v) is 17.8. The average Bonchev–Trinajstić information content (AvgIpc) is 3.53. The lowest BCUT2D eigenvalue weighted by Crippen LogP contribution is -2.18. The number of nitrogens with zero attached hydrogens (tertiary/aromatic N) is 1. The molecule has 0 unspecified atom stereocenters. The molecule has 3 N–H and O–H groups in total. The van der Waals surface area contributed by atoms with Crippen molar-refractivity contribution in [2.24, 2.45) is 0 Å². The highest BCUT2D eigenvalue weighted by atomic mass is 35.5. The maximum absolute atomic E-state index is 12.5. The summed E-state index contributed by atoms with van der Waals surface area (Å²) in [5.41, 5.74) is 1.15. The van der Waals surface area contributed by atoms with Crippen LogP contribution in [0.15, 0.2) is 69.2 Å². The van der Waals surface area contributed by atoms with Crippen LogP contribution in [0.25, 0.3) is 0 Å². The van der Waals surface area contributed by atoms with E-state index >= 15 is 0 Å². The minimum Gasteiger partial charge on any atom is -0.459 e. The van der Waals surface area contributed by atoms with E-state index in [0.29, 0.717) is 27.2 Å². The fourth-order valence-electron chi connectivity index (χ4n) is 2.69. The van der Waals surface area contributed by atoms with Crippen molar-refractivity contribution in [1.29, 1.82) is 0 Å². The SMILES string of the molecule is O=C(Cc1csc(NC(=O)c2ccco2)n1)Nc1ccc(Cl)cc1NC(=O)c1ccco1. The first-order valence-corrected chi connectivity index (χ1v) is 10.5. The van der Waals surface area contributed by atoms with Gasteiger partial charge >= 0.3 is 0 Å². The van der Waals surface area contributed by atoms with Crippen LogP contribution in [0.5, 0.6) is 0 Å². The van der Waals surface area contributed by atoms with E-state index in [1.807, 2.05) is 0 Å². The Hall–Kier alpha value is -3.89. The molecule has 9 nitrogen and oxygen atoms in total. The van der Waals surface area contributed by atoms with Gasteiger partial charge in [0.05, 0.1) is 36.0 Å². The second-order valence-corrected chi connectivity index (χ2v) is 7.72. The minimum atomic E-state index is -0.482. The Balaban J connectivity index is 1.39. The number of carbonyl (C=O) groups is 3. The maximum atomic E-state index is 12.5. The molecule has 0 fully saturated rings. The van der Waals surface area contributed by atoms with E-state index in [9.17, 15) is 14.4 Å². The average molecular weight is 471 g/mol. The molecule has 0 bridgehead atoms. The Bertz CT molecular complexity index is 1250. The Morgan fingerprint density at radius 2 is 1.59 bits per heavy atom. The van der Waals surface area contributed by atoms with Crippen molar-refractivity contribution < 1.29 is 23.2 Å². The van der Waals surface area contributed by atoms with E-state index in [0.717, 1.165) is 0 Å². The van der Waals surface area contributed by atoms with Crippen LogP contribution >= 0.6 is 22.9 Å². The van der Waals surface area contributed by atoms with Gasteiger partial charge in [0.1, 0.15) is 0 Å². The molecule has 4 aromatic rings. The number of nitrogens with one attached hydrogen (secondary N) is 3. The van der Waals surface area contributed by atoms with Gasteiger partial charge in [0, 0.05) is 10.4 Å². The van der Waals surface area contributed by atoms with Crippen LogP contribution in [-0.4, -0.2) is 22.7 Å². The summed E-state index contributed by atoms with van der Waals surface area (Å²) in [5, 5.41) is 10.4. The molecular formula is C21H15ClN4O5S. The van der Waals surface area contributed by atoms with E-state index in [1.54, 1.807) is 29.6 Å².